The molecule has 0 bridgehead atoms. The lowest BCUT2D eigenvalue weighted by molar-refractivity contribution is -0.318. The van der Waals surface area contributed by atoms with Crippen molar-refractivity contribution in [3.8, 4) is 0 Å². The Morgan fingerprint density at radius 3 is 2.34 bits per heavy atom. The van der Waals surface area contributed by atoms with Crippen LogP contribution in [-0.4, -0.2) is 158 Å². The first-order valence-corrected chi connectivity index (χ1v) is 30.2. The van der Waals surface area contributed by atoms with E-state index in [1.54, 1.807) is 19.4 Å². The smallest absolute Gasteiger partial charge is 0.316 e. The summed E-state index contributed by atoms with van der Waals surface area (Å²) in [6.07, 6.45) is 1.23. The van der Waals surface area contributed by atoms with Gasteiger partial charge in [-0.3, -0.25) is 24.0 Å². The molecule has 3 saturated heterocycles. The number of carbonyl (C=O) groups excluding carboxylic acids is 5. The minimum absolute atomic E-state index is 0.0185. The Balaban J connectivity index is 0.789. The zero-order chi connectivity index (χ0) is 59.8. The van der Waals surface area contributed by atoms with Gasteiger partial charge in [-0.05, 0) is 100 Å². The van der Waals surface area contributed by atoms with Crippen LogP contribution in [0.25, 0.3) is 0 Å². The number of ketones is 1. The molecule has 4 N–H and O–H groups in total. The van der Waals surface area contributed by atoms with Crippen LogP contribution in [0.2, 0.25) is 0 Å². The van der Waals surface area contributed by atoms with E-state index in [4.69, 9.17) is 47.0 Å². The predicted octanol–water partition coefficient (Wildman–Crippen LogP) is 6.50. The van der Waals surface area contributed by atoms with Crippen molar-refractivity contribution in [2.75, 3.05) is 40.6 Å². The highest BCUT2D eigenvalue weighted by atomic mass is 16.7. The molecule has 19 heteroatoms. The summed E-state index contributed by atoms with van der Waals surface area (Å²) in [6, 6.07) is 2.02. The minimum atomic E-state index is -1.68. The maximum Gasteiger partial charge on any atom is 0.316 e. The van der Waals surface area contributed by atoms with E-state index >= 15 is 0 Å². The number of fused-ring (bicyclic) bond motifs is 6. The largest absolute Gasteiger partial charge is 0.469 e. The molecule has 19 nitrogen and oxygen atoms in total. The lowest BCUT2D eigenvalue weighted by Crippen LogP contribution is -2.66. The third kappa shape index (κ3) is 10.3. The summed E-state index contributed by atoms with van der Waals surface area (Å²) in [7, 11) is 3.01. The molecule has 3 aliphatic heterocycles. The molecular formula is C64H88O19. The number of aliphatic hydroxyl groups is 4. The zero-order valence-corrected chi connectivity index (χ0v) is 50.1. The average molecular weight is 1160 g/mol. The van der Waals surface area contributed by atoms with Crippen LogP contribution < -0.4 is 0 Å². The molecule has 1 aromatic rings. The number of allylic oxidation sites excluding steroid dienone is 2. The Bertz CT molecular complexity index is 2790. The lowest BCUT2D eigenvalue weighted by Gasteiger charge is -2.59. The van der Waals surface area contributed by atoms with Crippen molar-refractivity contribution in [1.29, 1.82) is 0 Å². The molecule has 0 amide bonds. The molecular weight excluding hydrogens is 1070 g/mol. The van der Waals surface area contributed by atoms with Crippen LogP contribution in [0.15, 0.2) is 62.8 Å². The van der Waals surface area contributed by atoms with E-state index in [0.29, 0.717) is 38.0 Å². The molecule has 1 aromatic heterocycles. The van der Waals surface area contributed by atoms with E-state index in [2.05, 4.69) is 19.9 Å². The SMILES string of the molecule is COC[C@H]1CC[C@@H]2/C1=C\[C@]1(C)C(=C([C@H](C)COC(C)=O)C[C@@H]1O)[C@@H](OC1OC(COCCCCCCc3occc3[C@@H]3C[C@H]4O[C@@H]5[C@@H]6OC(=O)[C@]7(C)C=CC(=O)[C@@](C)(C67)[C@@H](CC(=O)OC)[C@]5(C)C4=C3C)C(O)C(OC(C)=O)C1O)[C@H](O)[C@@H]2C. The number of aryl methyl sites for hydroxylation is 1. The number of hydrogen-bond acceptors (Lipinski definition) is 19. The van der Waals surface area contributed by atoms with Crippen molar-refractivity contribution < 1.29 is 91.4 Å². The highest BCUT2D eigenvalue weighted by Gasteiger charge is 2.78. The summed E-state index contributed by atoms with van der Waals surface area (Å²) in [5.74, 6) is -3.05. The van der Waals surface area contributed by atoms with Crippen molar-refractivity contribution >= 4 is 29.7 Å². The summed E-state index contributed by atoms with van der Waals surface area (Å²) in [5.41, 5.74) is 1.68. The van der Waals surface area contributed by atoms with Crippen LogP contribution in [0, 0.1) is 57.2 Å². The summed E-state index contributed by atoms with van der Waals surface area (Å²) in [4.78, 5) is 65.6. The van der Waals surface area contributed by atoms with Crippen LogP contribution in [0.1, 0.15) is 137 Å². The molecule has 0 radical (unpaired) electrons. The molecule has 10 rings (SSSR count). The van der Waals surface area contributed by atoms with Gasteiger partial charge in [0.2, 0.25) is 0 Å². The number of aliphatic hydroxyl groups excluding tert-OH is 4. The van der Waals surface area contributed by atoms with E-state index in [9.17, 15) is 44.4 Å². The van der Waals surface area contributed by atoms with Crippen molar-refractivity contribution in [2.24, 2.45) is 57.2 Å². The highest BCUT2D eigenvalue weighted by molar-refractivity contribution is 6.00. The molecule has 2 saturated carbocycles. The van der Waals surface area contributed by atoms with Crippen molar-refractivity contribution in [2.45, 2.75) is 200 Å². The second-order valence-corrected chi connectivity index (χ2v) is 26.3. The Morgan fingerprint density at radius 2 is 1.63 bits per heavy atom. The van der Waals surface area contributed by atoms with Crippen LogP contribution in [0.4, 0.5) is 0 Å². The quantitative estimate of drug-likeness (QED) is 0.0470. The Morgan fingerprint density at radius 1 is 0.880 bits per heavy atom. The van der Waals surface area contributed by atoms with Gasteiger partial charge < -0.3 is 67.5 Å². The molecule has 0 spiro atoms. The molecule has 6 unspecified atom stereocenters. The van der Waals surface area contributed by atoms with Crippen LogP contribution in [0.3, 0.4) is 0 Å². The van der Waals surface area contributed by atoms with Gasteiger partial charge in [-0.25, -0.2) is 0 Å². The molecule has 22 atom stereocenters. The molecule has 5 fully saturated rings. The number of furan rings is 1. The number of rotatable bonds is 20. The van der Waals surface area contributed by atoms with Gasteiger partial charge in [0, 0.05) is 79.5 Å². The van der Waals surface area contributed by atoms with Crippen LogP contribution in [0.5, 0.6) is 0 Å². The molecule has 4 heterocycles. The summed E-state index contributed by atoms with van der Waals surface area (Å²) in [6.45, 7) is 16.9. The zero-order valence-electron chi connectivity index (χ0n) is 50.1. The first-order chi connectivity index (χ1) is 39.4. The Labute approximate surface area is 486 Å². The normalized spacial score (nSPS) is 42.4. The maximum atomic E-state index is 14.2. The topological polar surface area (TPSA) is 262 Å². The fourth-order valence-electron chi connectivity index (χ4n) is 17.3. The number of hydrogen-bond donors (Lipinski definition) is 4. The van der Waals surface area contributed by atoms with Crippen molar-refractivity contribution in [3.05, 3.63) is 69.7 Å². The minimum Gasteiger partial charge on any atom is -0.469 e. The number of ether oxygens (including phenoxy) is 9. The lowest BCUT2D eigenvalue weighted by atomic mass is 9.42. The van der Waals surface area contributed by atoms with Gasteiger partial charge in [-0.2, -0.15) is 0 Å². The van der Waals surface area contributed by atoms with Gasteiger partial charge in [0.25, 0.3) is 0 Å². The van der Waals surface area contributed by atoms with Gasteiger partial charge in [0.15, 0.2) is 18.2 Å². The van der Waals surface area contributed by atoms with Gasteiger partial charge in [0.05, 0.1) is 63.3 Å². The Kier molecular flexibility index (Phi) is 17.5. The van der Waals surface area contributed by atoms with Gasteiger partial charge in [-0.15, -0.1) is 0 Å². The third-order valence-corrected chi connectivity index (χ3v) is 21.6. The summed E-state index contributed by atoms with van der Waals surface area (Å²) < 4.78 is 60.5. The fourth-order valence-corrected chi connectivity index (χ4v) is 17.3. The molecule has 83 heavy (non-hydrogen) atoms. The van der Waals surface area contributed by atoms with Gasteiger partial charge in [-0.1, -0.05) is 69.4 Å². The Hall–Kier alpha value is -4.57. The standard InChI is InChI=1S/C64H88O19/c1-31(28-78-34(4)65)39-25-47(68)62(7)27-41-36(29-74-10)17-18-37(41)33(3)51(70)54(50(39)62)82-59-53(72)55(79-35(5)66)52(71)44(81-59)30-76-22-15-13-12-14-16-42-38(20-23-77-42)40-24-43-49(32(40)2)64(9)45(26-48(69)75-11)63(8)46(67)19-21-61(6)57(63)56(58(64)80-43)83-60(61)73/h19-21,23,27,31,33,36-37,40,43-45,47,51-59,68,70-72H,12-18,22,24-26,28-30H2,1-11H3/b41-27-/t31-,33-,36-,37+,40-,43-,44?,45-,47+,51-,52?,53?,54-,55?,56-,57?,58-,59?,61-,62+,63+,64-/m1/s1. The van der Waals surface area contributed by atoms with Crippen molar-refractivity contribution in [3.63, 3.8) is 0 Å². The number of methoxy groups -OCH3 is 2. The molecule has 0 aromatic carbocycles. The van der Waals surface area contributed by atoms with Crippen LogP contribution in [-0.2, 0) is 73.0 Å². The number of unbranched alkanes of at least 4 members (excludes halogenated alkanes) is 3. The monoisotopic (exact) mass is 1160 g/mol. The van der Waals surface area contributed by atoms with Crippen molar-refractivity contribution in [1.82, 2.24) is 0 Å². The average Bonchev–Trinajstić information content (AvgIpc) is 1.73. The van der Waals surface area contributed by atoms with Crippen LogP contribution >= 0.6 is 0 Å². The molecule has 458 valence electrons. The number of carbonyl (C=O) groups is 5. The molecule has 6 aliphatic carbocycles. The van der Waals surface area contributed by atoms with Gasteiger partial charge >= 0.3 is 23.9 Å². The maximum absolute atomic E-state index is 14.2. The van der Waals surface area contributed by atoms with Gasteiger partial charge in [0.1, 0.15) is 42.4 Å². The van der Waals surface area contributed by atoms with E-state index < -0.39 is 113 Å². The first-order valence-electron chi connectivity index (χ1n) is 30.2. The summed E-state index contributed by atoms with van der Waals surface area (Å²) in [5, 5.41) is 48.0. The third-order valence-electron chi connectivity index (χ3n) is 21.6. The van der Waals surface area contributed by atoms with E-state index in [1.807, 2.05) is 40.7 Å². The highest BCUT2D eigenvalue weighted by Crippen LogP contribution is 2.72. The van der Waals surface area contributed by atoms with E-state index in [-0.39, 0.29) is 73.5 Å². The predicted molar refractivity (Wildman–Crippen MR) is 296 cm³/mol. The fraction of sp³-hybridized carbons (Fsp3) is 0.734. The van der Waals surface area contributed by atoms with E-state index in [0.717, 1.165) is 65.7 Å². The van der Waals surface area contributed by atoms with E-state index in [1.165, 1.54) is 27.0 Å². The second-order valence-electron chi connectivity index (χ2n) is 26.3. The second kappa shape index (κ2) is 23.6. The first kappa shape index (κ1) is 61.5. The number of esters is 4. The molecule has 9 aliphatic rings. The summed E-state index contributed by atoms with van der Waals surface area (Å²) >= 11 is 0.